The fourth-order valence-electron chi connectivity index (χ4n) is 2.60. The third kappa shape index (κ3) is 5.27. The number of carbonyl (C=O) groups is 2. The molecule has 2 aromatic carbocycles. The van der Waals surface area contributed by atoms with E-state index in [0.29, 0.717) is 38.4 Å². The zero-order chi connectivity index (χ0) is 21.0. The molecule has 150 valence electrons. The summed E-state index contributed by atoms with van der Waals surface area (Å²) in [5.41, 5.74) is 6.71. The number of nitrogens with zero attached hydrogens (tertiary/aromatic N) is 1. The van der Waals surface area contributed by atoms with Crippen LogP contribution in [0.5, 0.6) is 17.2 Å². The highest BCUT2D eigenvalue weighted by atomic mass is 32.2. The van der Waals surface area contributed by atoms with Gasteiger partial charge in [-0.1, -0.05) is 24.0 Å². The predicted octanol–water partition coefficient (Wildman–Crippen LogP) is 3.83. The zero-order valence-corrected chi connectivity index (χ0v) is 16.8. The van der Waals surface area contributed by atoms with Crippen molar-refractivity contribution in [2.24, 2.45) is 0 Å². The van der Waals surface area contributed by atoms with Crippen LogP contribution >= 0.6 is 24.0 Å². The number of nitrogens with two attached hydrogens (primary N) is 1. The maximum absolute atomic E-state index is 12.5. The van der Waals surface area contributed by atoms with E-state index in [0.717, 1.165) is 11.8 Å². The molecule has 0 spiro atoms. The zero-order valence-electron chi connectivity index (χ0n) is 15.2. The average molecular weight is 431 g/mol. The van der Waals surface area contributed by atoms with Crippen LogP contribution in [0.25, 0.3) is 6.08 Å². The first-order chi connectivity index (χ1) is 13.8. The van der Waals surface area contributed by atoms with Gasteiger partial charge in [0.2, 0.25) is 0 Å². The number of carboxylic acid groups (broad SMARTS) is 1. The average Bonchev–Trinajstić information content (AvgIpc) is 2.93. The Hall–Kier alpha value is -3.04. The highest BCUT2D eigenvalue weighted by Gasteiger charge is 2.31. The number of hydrogen-bond donors (Lipinski definition) is 3. The topological polar surface area (TPSA) is 113 Å². The molecule has 0 aliphatic carbocycles. The fraction of sp³-hybridized carbons (Fsp3) is 0.150. The molecule has 7 nitrogen and oxygen atoms in total. The second-order valence-electron chi connectivity index (χ2n) is 6.22. The third-order valence-corrected chi connectivity index (χ3v) is 5.43. The van der Waals surface area contributed by atoms with E-state index in [-0.39, 0.29) is 24.6 Å². The van der Waals surface area contributed by atoms with Crippen LogP contribution in [0.2, 0.25) is 0 Å². The van der Waals surface area contributed by atoms with Gasteiger partial charge >= 0.3 is 5.97 Å². The molecule has 9 heteroatoms. The number of phenols is 1. The van der Waals surface area contributed by atoms with E-state index in [4.69, 9.17) is 27.8 Å². The molecule has 29 heavy (non-hydrogen) atoms. The highest BCUT2D eigenvalue weighted by molar-refractivity contribution is 8.26. The Bertz CT molecular complexity index is 989. The molecule has 0 saturated carbocycles. The Kier molecular flexibility index (Phi) is 6.40. The number of thiocarbonyl (C=S) groups is 1. The van der Waals surface area contributed by atoms with Crippen LogP contribution < -0.4 is 10.5 Å². The van der Waals surface area contributed by atoms with Crippen LogP contribution in [0.1, 0.15) is 18.4 Å². The first kappa shape index (κ1) is 20.7. The molecule has 1 aliphatic heterocycles. The van der Waals surface area contributed by atoms with Gasteiger partial charge in [-0.2, -0.15) is 0 Å². The fourth-order valence-corrected chi connectivity index (χ4v) is 3.90. The molecule has 1 saturated heterocycles. The summed E-state index contributed by atoms with van der Waals surface area (Å²) >= 11 is 6.33. The number of nitrogen functional groups attached to an aromatic ring is 1. The summed E-state index contributed by atoms with van der Waals surface area (Å²) in [5.74, 6) is -0.252. The monoisotopic (exact) mass is 430 g/mol. The number of thioether (sulfide) groups is 1. The predicted molar refractivity (Wildman–Crippen MR) is 116 cm³/mol. The second-order valence-corrected chi connectivity index (χ2v) is 7.90. The lowest BCUT2D eigenvalue weighted by atomic mass is 10.1. The number of ether oxygens (including phenoxy) is 1. The Morgan fingerprint density at radius 2 is 1.90 bits per heavy atom. The van der Waals surface area contributed by atoms with Gasteiger partial charge in [0.05, 0.1) is 4.91 Å². The Balaban J connectivity index is 1.71. The number of carboxylic acids is 1. The van der Waals surface area contributed by atoms with Crippen molar-refractivity contribution in [3.63, 3.8) is 0 Å². The molecule has 0 atom stereocenters. The van der Waals surface area contributed by atoms with Crippen molar-refractivity contribution in [3.8, 4) is 17.2 Å². The number of benzene rings is 2. The summed E-state index contributed by atoms with van der Waals surface area (Å²) in [7, 11) is 0. The summed E-state index contributed by atoms with van der Waals surface area (Å²) in [5, 5.41) is 19.0. The van der Waals surface area contributed by atoms with E-state index in [1.165, 1.54) is 11.0 Å². The summed E-state index contributed by atoms with van der Waals surface area (Å²) in [6.07, 6.45) is 1.84. The number of anilines is 1. The van der Waals surface area contributed by atoms with Crippen LogP contribution in [0.15, 0.2) is 47.4 Å². The lowest BCUT2D eigenvalue weighted by Crippen LogP contribution is -2.29. The van der Waals surface area contributed by atoms with Crippen molar-refractivity contribution in [1.82, 2.24) is 4.90 Å². The number of aliphatic carboxylic acids is 1. The minimum atomic E-state index is -0.919. The molecule has 3 rings (SSSR count). The Morgan fingerprint density at radius 3 is 2.55 bits per heavy atom. The van der Waals surface area contributed by atoms with Gasteiger partial charge in [-0.3, -0.25) is 14.5 Å². The Labute approximate surface area is 176 Å². The van der Waals surface area contributed by atoms with E-state index >= 15 is 0 Å². The number of phenolic OH excluding ortho intramolecular Hbond substituents is 1. The molecule has 0 bridgehead atoms. The van der Waals surface area contributed by atoms with Crippen molar-refractivity contribution < 1.29 is 24.5 Å². The van der Waals surface area contributed by atoms with Gasteiger partial charge in [-0.25, -0.2) is 0 Å². The van der Waals surface area contributed by atoms with Gasteiger partial charge in [0.15, 0.2) is 0 Å². The number of rotatable bonds is 7. The van der Waals surface area contributed by atoms with Crippen molar-refractivity contribution in [2.75, 3.05) is 12.3 Å². The third-order valence-electron chi connectivity index (χ3n) is 4.05. The largest absolute Gasteiger partial charge is 0.507 e. The van der Waals surface area contributed by atoms with Gasteiger partial charge in [0.1, 0.15) is 21.6 Å². The maximum Gasteiger partial charge on any atom is 0.303 e. The molecular formula is C20H18N2O5S2. The molecule has 1 fully saturated rings. The van der Waals surface area contributed by atoms with Gasteiger partial charge in [-0.05, 0) is 48.9 Å². The standard InChI is InChI=1S/C20H18N2O5S2/c21-13-4-7-14(8-5-13)27-15-6-3-12(16(23)11-15)10-17-19(26)22(20(28)29-17)9-1-2-18(24)25/h3-8,10-11,23H,1-2,9,21H2,(H,24,25)/b17-10-. The number of amides is 1. The minimum absolute atomic E-state index is 0.0354. The summed E-state index contributed by atoms with van der Waals surface area (Å²) < 4.78 is 6.04. The summed E-state index contributed by atoms with van der Waals surface area (Å²) in [6, 6.07) is 11.6. The molecule has 0 radical (unpaired) electrons. The number of carbonyl (C=O) groups excluding carboxylic acids is 1. The number of aromatic hydroxyl groups is 1. The molecule has 0 unspecified atom stereocenters. The first-order valence-corrected chi connectivity index (χ1v) is 9.89. The van der Waals surface area contributed by atoms with Gasteiger partial charge in [-0.15, -0.1) is 0 Å². The van der Waals surface area contributed by atoms with Crippen LogP contribution in [0, 0.1) is 0 Å². The molecule has 1 aliphatic rings. The molecule has 0 aromatic heterocycles. The maximum atomic E-state index is 12.5. The van der Waals surface area contributed by atoms with E-state index < -0.39 is 5.97 Å². The quantitative estimate of drug-likeness (QED) is 0.345. The molecule has 2 aromatic rings. The molecule has 4 N–H and O–H groups in total. The second kappa shape index (κ2) is 8.97. The first-order valence-electron chi connectivity index (χ1n) is 8.67. The molecule has 1 heterocycles. The smallest absolute Gasteiger partial charge is 0.303 e. The Morgan fingerprint density at radius 1 is 1.21 bits per heavy atom. The lowest BCUT2D eigenvalue weighted by molar-refractivity contribution is -0.137. The van der Waals surface area contributed by atoms with E-state index in [1.807, 2.05) is 0 Å². The van der Waals surface area contributed by atoms with Crippen molar-refractivity contribution in [1.29, 1.82) is 0 Å². The van der Waals surface area contributed by atoms with Gasteiger partial charge in [0, 0.05) is 30.3 Å². The van der Waals surface area contributed by atoms with E-state index in [9.17, 15) is 14.7 Å². The van der Waals surface area contributed by atoms with E-state index in [1.54, 1.807) is 42.5 Å². The SMILES string of the molecule is Nc1ccc(Oc2ccc(/C=C3\SC(=S)N(CCCC(=O)O)C3=O)c(O)c2)cc1. The van der Waals surface area contributed by atoms with Crippen LogP contribution in [-0.4, -0.2) is 37.9 Å². The normalized spacial score (nSPS) is 15.2. The van der Waals surface area contributed by atoms with Gasteiger partial charge in [0.25, 0.3) is 5.91 Å². The van der Waals surface area contributed by atoms with Crippen molar-refractivity contribution in [3.05, 3.63) is 52.9 Å². The van der Waals surface area contributed by atoms with Crippen LogP contribution in [0.4, 0.5) is 5.69 Å². The summed E-state index contributed by atoms with van der Waals surface area (Å²) in [4.78, 5) is 24.9. The lowest BCUT2D eigenvalue weighted by Gasteiger charge is -2.13. The summed E-state index contributed by atoms with van der Waals surface area (Å²) in [6.45, 7) is 0.245. The van der Waals surface area contributed by atoms with E-state index in [2.05, 4.69) is 0 Å². The van der Waals surface area contributed by atoms with Crippen LogP contribution in [0.3, 0.4) is 0 Å². The molecular weight excluding hydrogens is 412 g/mol. The van der Waals surface area contributed by atoms with Crippen molar-refractivity contribution in [2.45, 2.75) is 12.8 Å². The number of hydrogen-bond acceptors (Lipinski definition) is 7. The van der Waals surface area contributed by atoms with Gasteiger partial charge < -0.3 is 20.7 Å². The van der Waals surface area contributed by atoms with Crippen LogP contribution in [-0.2, 0) is 9.59 Å². The highest BCUT2D eigenvalue weighted by Crippen LogP contribution is 2.35. The van der Waals surface area contributed by atoms with Crippen molar-refractivity contribution >= 4 is 51.9 Å². The molecule has 1 amide bonds. The minimum Gasteiger partial charge on any atom is -0.507 e.